The van der Waals surface area contributed by atoms with Crippen LogP contribution in [0, 0.1) is 17.8 Å². The van der Waals surface area contributed by atoms with Gasteiger partial charge in [-0.1, -0.05) is 12.2 Å². The molecule has 0 spiro atoms. The number of carbonyl (C=O) groups is 1. The standard InChI is InChI=1S/C18H24N4O/c19-18(23)15-3-4-17(20-11-15)22-7-5-21(6-8-22)12-16-10-13-1-2-14(16)9-13/h1-4,11,13-14,16H,5-10,12H2,(H2,19,23)/t13-,14-,16-/m0/s1. The van der Waals surface area contributed by atoms with Crippen LogP contribution >= 0.6 is 0 Å². The quantitative estimate of drug-likeness (QED) is 0.856. The number of rotatable bonds is 4. The van der Waals surface area contributed by atoms with E-state index < -0.39 is 5.91 Å². The van der Waals surface area contributed by atoms with Crippen LogP contribution in [-0.4, -0.2) is 48.5 Å². The number of hydrogen-bond acceptors (Lipinski definition) is 4. The summed E-state index contributed by atoms with van der Waals surface area (Å²) < 4.78 is 0. The summed E-state index contributed by atoms with van der Waals surface area (Å²) in [5.74, 6) is 3.08. The van der Waals surface area contributed by atoms with Crippen molar-refractivity contribution in [3.05, 3.63) is 36.0 Å². The Morgan fingerprint density at radius 1 is 1.17 bits per heavy atom. The molecule has 3 atom stereocenters. The summed E-state index contributed by atoms with van der Waals surface area (Å²) in [7, 11) is 0. The summed E-state index contributed by atoms with van der Waals surface area (Å²) >= 11 is 0. The Labute approximate surface area is 137 Å². The molecule has 1 amide bonds. The minimum absolute atomic E-state index is 0.422. The highest BCUT2D eigenvalue weighted by Gasteiger charge is 2.36. The fraction of sp³-hybridized carbons (Fsp3) is 0.556. The minimum Gasteiger partial charge on any atom is -0.366 e. The number of nitrogens with two attached hydrogens (primary N) is 1. The minimum atomic E-state index is -0.422. The first-order valence-corrected chi connectivity index (χ1v) is 8.60. The largest absolute Gasteiger partial charge is 0.366 e. The van der Waals surface area contributed by atoms with Crippen molar-refractivity contribution in [3.8, 4) is 0 Å². The third kappa shape index (κ3) is 2.98. The molecule has 2 N–H and O–H groups in total. The molecule has 5 nitrogen and oxygen atoms in total. The van der Waals surface area contributed by atoms with Crippen LogP contribution in [0.25, 0.3) is 0 Å². The molecule has 3 aliphatic rings. The first kappa shape index (κ1) is 14.7. The van der Waals surface area contributed by atoms with E-state index in [4.69, 9.17) is 5.73 Å². The van der Waals surface area contributed by atoms with E-state index in [0.717, 1.165) is 49.8 Å². The number of primary amides is 1. The van der Waals surface area contributed by atoms with Crippen LogP contribution in [0.1, 0.15) is 23.2 Å². The second kappa shape index (κ2) is 5.96. The monoisotopic (exact) mass is 312 g/mol. The zero-order chi connectivity index (χ0) is 15.8. The maximum absolute atomic E-state index is 11.1. The van der Waals surface area contributed by atoms with Gasteiger partial charge in [-0.2, -0.15) is 0 Å². The zero-order valence-corrected chi connectivity index (χ0v) is 13.4. The van der Waals surface area contributed by atoms with Gasteiger partial charge in [0, 0.05) is 38.9 Å². The van der Waals surface area contributed by atoms with Crippen molar-refractivity contribution in [2.24, 2.45) is 23.5 Å². The van der Waals surface area contributed by atoms with Crippen molar-refractivity contribution in [1.29, 1.82) is 0 Å². The Hall–Kier alpha value is -1.88. The van der Waals surface area contributed by atoms with Crippen molar-refractivity contribution >= 4 is 11.7 Å². The number of amides is 1. The maximum Gasteiger partial charge on any atom is 0.250 e. The lowest BCUT2D eigenvalue weighted by Crippen LogP contribution is -2.48. The molecular weight excluding hydrogens is 288 g/mol. The average molecular weight is 312 g/mol. The highest BCUT2D eigenvalue weighted by Crippen LogP contribution is 2.43. The number of anilines is 1. The van der Waals surface area contributed by atoms with Crippen LogP contribution in [0.5, 0.6) is 0 Å². The van der Waals surface area contributed by atoms with E-state index in [9.17, 15) is 4.79 Å². The number of pyridine rings is 1. The van der Waals surface area contributed by atoms with Crippen LogP contribution in [0.2, 0.25) is 0 Å². The molecule has 4 rings (SSSR count). The van der Waals surface area contributed by atoms with Gasteiger partial charge < -0.3 is 10.6 Å². The number of nitrogens with zero attached hydrogens (tertiary/aromatic N) is 3. The topological polar surface area (TPSA) is 62.5 Å². The van der Waals surface area contributed by atoms with E-state index in [2.05, 4.69) is 26.9 Å². The van der Waals surface area contributed by atoms with Crippen LogP contribution in [0.15, 0.2) is 30.5 Å². The fourth-order valence-electron chi connectivity index (χ4n) is 4.31. The maximum atomic E-state index is 11.1. The Bertz CT molecular complexity index is 604. The van der Waals surface area contributed by atoms with Gasteiger partial charge in [0.2, 0.25) is 5.91 Å². The number of carbonyl (C=O) groups excluding carboxylic acids is 1. The number of aromatic nitrogens is 1. The summed E-state index contributed by atoms with van der Waals surface area (Å²) in [5, 5.41) is 0. The molecule has 2 fully saturated rings. The lowest BCUT2D eigenvalue weighted by molar-refractivity contribution is 0.1000. The lowest BCUT2D eigenvalue weighted by Gasteiger charge is -2.37. The third-order valence-corrected chi connectivity index (χ3v) is 5.64. The van der Waals surface area contributed by atoms with E-state index in [0.29, 0.717) is 5.56 Å². The Kier molecular flexibility index (Phi) is 3.81. The molecule has 2 bridgehead atoms. The van der Waals surface area contributed by atoms with Crippen molar-refractivity contribution in [2.75, 3.05) is 37.6 Å². The van der Waals surface area contributed by atoms with Crippen molar-refractivity contribution in [3.63, 3.8) is 0 Å². The summed E-state index contributed by atoms with van der Waals surface area (Å²) in [6.07, 6.45) is 9.21. The van der Waals surface area contributed by atoms with E-state index in [1.165, 1.54) is 19.4 Å². The van der Waals surface area contributed by atoms with E-state index in [1.54, 1.807) is 12.3 Å². The number of piperazine rings is 1. The molecule has 0 aromatic carbocycles. The predicted molar refractivity (Wildman–Crippen MR) is 90.3 cm³/mol. The predicted octanol–water partition coefficient (Wildman–Crippen LogP) is 1.51. The van der Waals surface area contributed by atoms with Gasteiger partial charge in [-0.25, -0.2) is 4.98 Å². The number of allylic oxidation sites excluding steroid dienone is 2. The van der Waals surface area contributed by atoms with Gasteiger partial charge in [0.05, 0.1) is 5.56 Å². The normalized spacial score (nSPS) is 30.1. The highest BCUT2D eigenvalue weighted by atomic mass is 16.1. The Morgan fingerprint density at radius 2 is 2.00 bits per heavy atom. The molecule has 0 radical (unpaired) electrons. The van der Waals surface area contributed by atoms with Gasteiger partial charge in [0.15, 0.2) is 0 Å². The molecule has 0 unspecified atom stereocenters. The molecule has 1 saturated heterocycles. The van der Waals surface area contributed by atoms with Gasteiger partial charge >= 0.3 is 0 Å². The number of fused-ring (bicyclic) bond motifs is 2. The van der Waals surface area contributed by atoms with Gasteiger partial charge in [0.1, 0.15) is 5.82 Å². The molecule has 122 valence electrons. The van der Waals surface area contributed by atoms with Crippen LogP contribution in [0.3, 0.4) is 0 Å². The smallest absolute Gasteiger partial charge is 0.250 e. The molecule has 1 aromatic rings. The molecule has 2 heterocycles. The number of hydrogen-bond donors (Lipinski definition) is 1. The summed E-state index contributed by atoms with van der Waals surface area (Å²) in [4.78, 5) is 20.4. The van der Waals surface area contributed by atoms with Gasteiger partial charge in [-0.3, -0.25) is 9.69 Å². The zero-order valence-electron chi connectivity index (χ0n) is 13.4. The van der Waals surface area contributed by atoms with E-state index in [1.807, 2.05) is 6.07 Å². The summed E-state index contributed by atoms with van der Waals surface area (Å²) in [5.41, 5.74) is 5.73. The van der Waals surface area contributed by atoms with E-state index in [-0.39, 0.29) is 0 Å². The molecule has 2 aliphatic carbocycles. The molecular formula is C18H24N4O. The van der Waals surface area contributed by atoms with Crippen LogP contribution in [-0.2, 0) is 0 Å². The third-order valence-electron chi connectivity index (χ3n) is 5.64. The molecule has 5 heteroatoms. The molecule has 1 saturated carbocycles. The van der Waals surface area contributed by atoms with Crippen LogP contribution in [0.4, 0.5) is 5.82 Å². The SMILES string of the molecule is NC(=O)c1ccc(N2CCN(C[C@@H]3C[C@H]4C=C[C@H]3C4)CC2)nc1. The average Bonchev–Trinajstić information content (AvgIpc) is 3.18. The van der Waals surface area contributed by atoms with Crippen molar-refractivity contribution < 1.29 is 4.79 Å². The Morgan fingerprint density at radius 3 is 2.57 bits per heavy atom. The van der Waals surface area contributed by atoms with Crippen molar-refractivity contribution in [2.45, 2.75) is 12.8 Å². The van der Waals surface area contributed by atoms with Crippen molar-refractivity contribution in [1.82, 2.24) is 9.88 Å². The lowest BCUT2D eigenvalue weighted by atomic mass is 9.93. The van der Waals surface area contributed by atoms with Gasteiger partial charge in [0.25, 0.3) is 0 Å². The summed E-state index contributed by atoms with van der Waals surface area (Å²) in [6, 6.07) is 3.66. The highest BCUT2D eigenvalue weighted by molar-refractivity contribution is 5.92. The summed E-state index contributed by atoms with van der Waals surface area (Å²) in [6.45, 7) is 5.43. The molecule has 1 aliphatic heterocycles. The van der Waals surface area contributed by atoms with Gasteiger partial charge in [-0.15, -0.1) is 0 Å². The molecule has 23 heavy (non-hydrogen) atoms. The first-order valence-electron chi connectivity index (χ1n) is 8.60. The molecule has 1 aromatic heterocycles. The second-order valence-corrected chi connectivity index (χ2v) is 7.10. The van der Waals surface area contributed by atoms with E-state index >= 15 is 0 Å². The fourth-order valence-corrected chi connectivity index (χ4v) is 4.31. The Balaban J connectivity index is 1.30. The second-order valence-electron chi connectivity index (χ2n) is 7.10. The van der Waals surface area contributed by atoms with Gasteiger partial charge in [-0.05, 0) is 42.7 Å². The van der Waals surface area contributed by atoms with Crippen LogP contribution < -0.4 is 10.6 Å². The first-order chi connectivity index (χ1) is 11.2.